The van der Waals surface area contributed by atoms with E-state index >= 15 is 0 Å². The molecular formula is C11H24IN3O2. The van der Waals surface area contributed by atoms with Gasteiger partial charge in [-0.15, -0.1) is 24.0 Å². The largest absolute Gasteiger partial charge is 0.385 e. The van der Waals surface area contributed by atoms with Crippen molar-refractivity contribution in [2.45, 2.75) is 12.8 Å². The van der Waals surface area contributed by atoms with Crippen molar-refractivity contribution < 1.29 is 9.47 Å². The Kier molecular flexibility index (Phi) is 11.0. The van der Waals surface area contributed by atoms with Crippen LogP contribution in [0.4, 0.5) is 0 Å². The molecule has 1 aliphatic rings. The highest BCUT2D eigenvalue weighted by atomic mass is 127. The molecule has 17 heavy (non-hydrogen) atoms. The minimum atomic E-state index is 0. The summed E-state index contributed by atoms with van der Waals surface area (Å²) in [6.07, 6.45) is 2.14. The second kappa shape index (κ2) is 11.0. The lowest BCUT2D eigenvalue weighted by Gasteiger charge is -2.14. The zero-order chi connectivity index (χ0) is 11.6. The van der Waals surface area contributed by atoms with Crippen molar-refractivity contribution >= 4 is 29.9 Å². The Labute approximate surface area is 121 Å². The van der Waals surface area contributed by atoms with E-state index < -0.39 is 0 Å². The average Bonchev–Trinajstić information content (AvgIpc) is 2.81. The first-order chi connectivity index (χ1) is 7.86. The fraction of sp³-hybridized carbons (Fsp3) is 0.909. The SMILES string of the molecule is CN=C(NCCCOC)NCC1CCOC1.I. The first kappa shape index (κ1) is 16.9. The summed E-state index contributed by atoms with van der Waals surface area (Å²) >= 11 is 0. The van der Waals surface area contributed by atoms with Crippen molar-refractivity contribution in [1.29, 1.82) is 0 Å². The van der Waals surface area contributed by atoms with Crippen LogP contribution in [0.2, 0.25) is 0 Å². The van der Waals surface area contributed by atoms with Crippen LogP contribution in [0.1, 0.15) is 12.8 Å². The third kappa shape index (κ3) is 7.77. The molecule has 1 aliphatic heterocycles. The van der Waals surface area contributed by atoms with Crippen LogP contribution in [-0.2, 0) is 9.47 Å². The summed E-state index contributed by atoms with van der Waals surface area (Å²) in [5.74, 6) is 1.49. The van der Waals surface area contributed by atoms with E-state index in [2.05, 4.69) is 15.6 Å². The number of hydrogen-bond acceptors (Lipinski definition) is 3. The summed E-state index contributed by atoms with van der Waals surface area (Å²) in [4.78, 5) is 4.16. The highest BCUT2D eigenvalue weighted by Gasteiger charge is 2.15. The van der Waals surface area contributed by atoms with Gasteiger partial charge in [0.25, 0.3) is 0 Å². The van der Waals surface area contributed by atoms with Gasteiger partial charge >= 0.3 is 0 Å². The van der Waals surface area contributed by atoms with Crippen LogP contribution in [0.3, 0.4) is 0 Å². The minimum absolute atomic E-state index is 0. The van der Waals surface area contributed by atoms with E-state index in [1.807, 2.05) is 0 Å². The molecule has 1 unspecified atom stereocenters. The van der Waals surface area contributed by atoms with Gasteiger partial charge in [-0.2, -0.15) is 0 Å². The van der Waals surface area contributed by atoms with Gasteiger partial charge < -0.3 is 20.1 Å². The second-order valence-corrected chi connectivity index (χ2v) is 3.96. The molecule has 0 bridgehead atoms. The van der Waals surface area contributed by atoms with E-state index in [0.29, 0.717) is 5.92 Å². The van der Waals surface area contributed by atoms with Gasteiger partial charge in [0.15, 0.2) is 5.96 Å². The van der Waals surface area contributed by atoms with Crippen molar-refractivity contribution in [3.8, 4) is 0 Å². The van der Waals surface area contributed by atoms with Gasteiger partial charge in [-0.1, -0.05) is 0 Å². The molecule has 0 spiro atoms. The van der Waals surface area contributed by atoms with Gasteiger partial charge in [0.05, 0.1) is 6.61 Å². The van der Waals surface area contributed by atoms with Crippen LogP contribution in [0.5, 0.6) is 0 Å². The van der Waals surface area contributed by atoms with Gasteiger partial charge in [0, 0.05) is 46.4 Å². The molecule has 0 aliphatic carbocycles. The number of halogens is 1. The third-order valence-corrected chi connectivity index (χ3v) is 2.62. The zero-order valence-electron chi connectivity index (χ0n) is 10.7. The van der Waals surface area contributed by atoms with Crippen LogP contribution in [0.15, 0.2) is 4.99 Å². The van der Waals surface area contributed by atoms with Gasteiger partial charge in [-0.25, -0.2) is 0 Å². The number of methoxy groups -OCH3 is 1. The quantitative estimate of drug-likeness (QED) is 0.320. The molecule has 5 nitrogen and oxygen atoms in total. The highest BCUT2D eigenvalue weighted by Crippen LogP contribution is 2.10. The van der Waals surface area contributed by atoms with Crippen molar-refractivity contribution in [2.75, 3.05) is 47.1 Å². The third-order valence-electron chi connectivity index (χ3n) is 2.62. The Morgan fingerprint density at radius 2 is 2.29 bits per heavy atom. The number of hydrogen-bond donors (Lipinski definition) is 2. The smallest absolute Gasteiger partial charge is 0.190 e. The van der Waals surface area contributed by atoms with Crippen LogP contribution < -0.4 is 10.6 Å². The van der Waals surface area contributed by atoms with Crippen molar-refractivity contribution in [2.24, 2.45) is 10.9 Å². The Bertz CT molecular complexity index is 209. The summed E-state index contributed by atoms with van der Waals surface area (Å²) in [5.41, 5.74) is 0. The summed E-state index contributed by atoms with van der Waals surface area (Å²) in [6, 6.07) is 0. The Hall–Kier alpha value is -0.0800. The van der Waals surface area contributed by atoms with Gasteiger partial charge in [0.1, 0.15) is 0 Å². The molecule has 0 radical (unpaired) electrons. The number of aliphatic imine (C=N–C) groups is 1. The number of ether oxygens (including phenoxy) is 2. The monoisotopic (exact) mass is 357 g/mol. The Morgan fingerprint density at radius 1 is 1.47 bits per heavy atom. The van der Waals surface area contributed by atoms with E-state index in [4.69, 9.17) is 9.47 Å². The average molecular weight is 357 g/mol. The lowest BCUT2D eigenvalue weighted by Crippen LogP contribution is -2.40. The fourth-order valence-corrected chi connectivity index (χ4v) is 1.63. The summed E-state index contributed by atoms with van der Waals surface area (Å²) in [7, 11) is 3.50. The maximum Gasteiger partial charge on any atom is 0.190 e. The molecule has 0 amide bonds. The molecule has 0 aromatic heterocycles. The number of nitrogens with one attached hydrogen (secondary N) is 2. The lowest BCUT2D eigenvalue weighted by molar-refractivity contribution is 0.186. The molecule has 0 aromatic rings. The lowest BCUT2D eigenvalue weighted by atomic mass is 10.1. The molecule has 0 saturated carbocycles. The maximum absolute atomic E-state index is 5.32. The van der Waals surface area contributed by atoms with Gasteiger partial charge in [-0.3, -0.25) is 4.99 Å². The van der Waals surface area contributed by atoms with E-state index in [0.717, 1.165) is 51.7 Å². The molecule has 1 saturated heterocycles. The molecule has 2 N–H and O–H groups in total. The van der Waals surface area contributed by atoms with E-state index in [-0.39, 0.29) is 24.0 Å². The molecular weight excluding hydrogens is 333 g/mol. The first-order valence-corrected chi connectivity index (χ1v) is 5.88. The molecule has 1 heterocycles. The summed E-state index contributed by atoms with van der Waals surface area (Å²) in [5, 5.41) is 6.55. The van der Waals surface area contributed by atoms with Crippen molar-refractivity contribution in [3.63, 3.8) is 0 Å². The standard InChI is InChI=1S/C11H23N3O2.HI/c1-12-11(13-5-3-6-15-2)14-8-10-4-7-16-9-10;/h10H,3-9H2,1-2H3,(H2,12,13,14);1H. The van der Waals surface area contributed by atoms with Crippen LogP contribution in [0.25, 0.3) is 0 Å². The predicted octanol–water partition coefficient (Wildman–Crippen LogP) is 0.842. The van der Waals surface area contributed by atoms with E-state index in [9.17, 15) is 0 Å². The minimum Gasteiger partial charge on any atom is -0.385 e. The maximum atomic E-state index is 5.32. The summed E-state index contributed by atoms with van der Waals surface area (Å²) in [6.45, 7) is 4.36. The highest BCUT2D eigenvalue weighted by molar-refractivity contribution is 14.0. The molecule has 0 aromatic carbocycles. The number of nitrogens with zero attached hydrogens (tertiary/aromatic N) is 1. The molecule has 1 atom stereocenters. The van der Waals surface area contributed by atoms with Crippen molar-refractivity contribution in [1.82, 2.24) is 10.6 Å². The fourth-order valence-electron chi connectivity index (χ4n) is 1.63. The van der Waals surface area contributed by atoms with Crippen molar-refractivity contribution in [3.05, 3.63) is 0 Å². The van der Waals surface area contributed by atoms with E-state index in [1.165, 1.54) is 0 Å². The van der Waals surface area contributed by atoms with Crippen LogP contribution >= 0.6 is 24.0 Å². The van der Waals surface area contributed by atoms with Crippen LogP contribution in [0, 0.1) is 5.92 Å². The predicted molar refractivity (Wildman–Crippen MR) is 80.2 cm³/mol. The normalized spacial score (nSPS) is 19.9. The molecule has 102 valence electrons. The Morgan fingerprint density at radius 3 is 2.88 bits per heavy atom. The Balaban J connectivity index is 0.00000256. The summed E-state index contributed by atoms with van der Waals surface area (Å²) < 4.78 is 10.3. The zero-order valence-corrected chi connectivity index (χ0v) is 13.0. The molecule has 1 fully saturated rings. The van der Waals surface area contributed by atoms with Gasteiger partial charge in [0.2, 0.25) is 0 Å². The van der Waals surface area contributed by atoms with Gasteiger partial charge in [-0.05, 0) is 12.8 Å². The number of rotatable bonds is 6. The molecule has 1 rings (SSSR count). The topological polar surface area (TPSA) is 54.9 Å². The molecule has 6 heteroatoms. The second-order valence-electron chi connectivity index (χ2n) is 3.96. The first-order valence-electron chi connectivity index (χ1n) is 5.88. The van der Waals surface area contributed by atoms with E-state index in [1.54, 1.807) is 14.2 Å². The van der Waals surface area contributed by atoms with Crippen LogP contribution in [-0.4, -0.2) is 53.0 Å². The number of guanidine groups is 1.